The maximum absolute atomic E-state index is 11.2. The van der Waals surface area contributed by atoms with Gasteiger partial charge in [-0.15, -0.1) is 10.2 Å². The fourth-order valence-electron chi connectivity index (χ4n) is 0.833. The van der Waals surface area contributed by atoms with Crippen molar-refractivity contribution in [2.24, 2.45) is 5.84 Å². The number of nitrogens with one attached hydrogen (secondary N) is 3. The lowest BCUT2D eigenvalue weighted by Gasteiger charge is -2.05. The molecular weight excluding hydrogens is 186 g/mol. The van der Waals surface area contributed by atoms with Crippen LogP contribution in [0.3, 0.4) is 0 Å². The average Bonchev–Trinajstić information content (AvgIpc) is 2.27. The minimum atomic E-state index is -0.363. The number of anilines is 2. The zero-order valence-electron chi connectivity index (χ0n) is 7.83. The Hall–Kier alpha value is -1.96. The van der Waals surface area contributed by atoms with Crippen LogP contribution in [-0.4, -0.2) is 35.2 Å². The Balaban J connectivity index is 3.11. The molecule has 0 spiro atoms. The maximum Gasteiger partial charge on any atom is 0.275 e. The summed E-state index contributed by atoms with van der Waals surface area (Å²) < 4.78 is 0. The Bertz CT molecular complexity index is 339. The molecule has 14 heavy (non-hydrogen) atoms. The molecule has 0 aliphatic heterocycles. The standard InChI is InChI=1S/C6H11N7O/c1-8-4-3(5(14)9-2)12-13-6(10-4)11-7/h7H2,1-2H3,(H,9,14)(H2,8,10,11,13). The summed E-state index contributed by atoms with van der Waals surface area (Å²) in [5.74, 6) is 5.18. The van der Waals surface area contributed by atoms with Gasteiger partial charge in [0.2, 0.25) is 0 Å². The van der Waals surface area contributed by atoms with E-state index in [0.717, 1.165) is 0 Å². The first-order chi connectivity index (χ1) is 6.72. The summed E-state index contributed by atoms with van der Waals surface area (Å²) in [6.07, 6.45) is 0. The Morgan fingerprint density at radius 3 is 2.57 bits per heavy atom. The Kier molecular flexibility index (Phi) is 3.13. The molecule has 1 amide bonds. The second-order valence-electron chi connectivity index (χ2n) is 2.31. The third kappa shape index (κ3) is 1.85. The van der Waals surface area contributed by atoms with E-state index in [2.05, 4.69) is 31.2 Å². The van der Waals surface area contributed by atoms with Crippen LogP contribution in [0.15, 0.2) is 0 Å². The van der Waals surface area contributed by atoms with E-state index in [-0.39, 0.29) is 17.5 Å². The number of nitrogen functional groups attached to an aromatic ring is 1. The minimum absolute atomic E-state index is 0.119. The fraction of sp³-hybridized carbons (Fsp3) is 0.333. The van der Waals surface area contributed by atoms with Gasteiger partial charge in [-0.25, -0.2) is 5.84 Å². The van der Waals surface area contributed by atoms with Gasteiger partial charge in [-0.1, -0.05) is 0 Å². The number of rotatable bonds is 3. The molecule has 8 nitrogen and oxygen atoms in total. The third-order valence-corrected chi connectivity index (χ3v) is 1.49. The van der Waals surface area contributed by atoms with Crippen molar-refractivity contribution in [3.63, 3.8) is 0 Å². The van der Waals surface area contributed by atoms with Gasteiger partial charge in [-0.05, 0) is 0 Å². The van der Waals surface area contributed by atoms with Gasteiger partial charge in [-0.2, -0.15) is 4.98 Å². The highest BCUT2D eigenvalue weighted by molar-refractivity contribution is 5.96. The molecule has 5 N–H and O–H groups in total. The predicted molar refractivity (Wildman–Crippen MR) is 50.6 cm³/mol. The van der Waals surface area contributed by atoms with Crippen molar-refractivity contribution < 1.29 is 4.79 Å². The van der Waals surface area contributed by atoms with Crippen LogP contribution in [0.1, 0.15) is 10.5 Å². The van der Waals surface area contributed by atoms with Gasteiger partial charge in [0.15, 0.2) is 11.5 Å². The van der Waals surface area contributed by atoms with Crippen LogP contribution in [0.4, 0.5) is 11.8 Å². The van der Waals surface area contributed by atoms with Gasteiger partial charge in [0.25, 0.3) is 11.9 Å². The average molecular weight is 197 g/mol. The first-order valence-electron chi connectivity index (χ1n) is 3.84. The number of amides is 1. The number of carbonyl (C=O) groups excluding carboxylic acids is 1. The van der Waals surface area contributed by atoms with Crippen LogP contribution in [0.25, 0.3) is 0 Å². The molecule has 0 bridgehead atoms. The van der Waals surface area contributed by atoms with Crippen LogP contribution in [-0.2, 0) is 0 Å². The number of carbonyl (C=O) groups is 1. The van der Waals surface area contributed by atoms with E-state index in [1.54, 1.807) is 7.05 Å². The van der Waals surface area contributed by atoms with E-state index in [0.29, 0.717) is 5.82 Å². The second-order valence-corrected chi connectivity index (χ2v) is 2.31. The minimum Gasteiger partial charge on any atom is -0.371 e. The largest absolute Gasteiger partial charge is 0.371 e. The van der Waals surface area contributed by atoms with Crippen molar-refractivity contribution in [2.75, 3.05) is 24.8 Å². The third-order valence-electron chi connectivity index (χ3n) is 1.49. The van der Waals surface area contributed by atoms with Gasteiger partial charge in [0.05, 0.1) is 0 Å². The molecule has 0 atom stereocenters. The number of hydrogen-bond acceptors (Lipinski definition) is 7. The van der Waals surface area contributed by atoms with Gasteiger partial charge >= 0.3 is 0 Å². The molecule has 0 unspecified atom stereocenters. The first kappa shape index (κ1) is 10.1. The highest BCUT2D eigenvalue weighted by atomic mass is 16.1. The SMILES string of the molecule is CNC(=O)c1nnc(NN)nc1NC. The van der Waals surface area contributed by atoms with Crippen molar-refractivity contribution in [1.29, 1.82) is 0 Å². The zero-order chi connectivity index (χ0) is 10.6. The van der Waals surface area contributed by atoms with E-state index in [4.69, 9.17) is 5.84 Å². The van der Waals surface area contributed by atoms with E-state index < -0.39 is 0 Å². The quantitative estimate of drug-likeness (QED) is 0.346. The molecule has 8 heteroatoms. The van der Waals surface area contributed by atoms with Gasteiger partial charge in [-0.3, -0.25) is 10.2 Å². The lowest BCUT2D eigenvalue weighted by atomic mass is 10.4. The van der Waals surface area contributed by atoms with Crippen LogP contribution in [0.2, 0.25) is 0 Å². The van der Waals surface area contributed by atoms with Crippen molar-refractivity contribution in [3.8, 4) is 0 Å². The molecule has 0 saturated heterocycles. The summed E-state index contributed by atoms with van der Waals surface area (Å²) in [6.45, 7) is 0. The van der Waals surface area contributed by atoms with Crippen LogP contribution >= 0.6 is 0 Å². The van der Waals surface area contributed by atoms with Crippen LogP contribution < -0.4 is 21.9 Å². The maximum atomic E-state index is 11.2. The van der Waals surface area contributed by atoms with Crippen molar-refractivity contribution in [2.45, 2.75) is 0 Å². The zero-order valence-corrected chi connectivity index (χ0v) is 7.83. The molecule has 0 aliphatic carbocycles. The predicted octanol–water partition coefficient (Wildman–Crippen LogP) is -1.44. The van der Waals surface area contributed by atoms with E-state index >= 15 is 0 Å². The summed E-state index contributed by atoms with van der Waals surface area (Å²) in [7, 11) is 3.12. The molecule has 0 radical (unpaired) electrons. The highest BCUT2D eigenvalue weighted by Gasteiger charge is 2.13. The van der Waals surface area contributed by atoms with Crippen molar-refractivity contribution in [3.05, 3.63) is 5.69 Å². The summed E-state index contributed by atoms with van der Waals surface area (Å²) in [6, 6.07) is 0. The summed E-state index contributed by atoms with van der Waals surface area (Å²) in [5, 5.41) is 12.4. The monoisotopic (exact) mass is 197 g/mol. The lowest BCUT2D eigenvalue weighted by Crippen LogP contribution is -2.23. The molecule has 1 heterocycles. The number of nitrogens with zero attached hydrogens (tertiary/aromatic N) is 3. The highest BCUT2D eigenvalue weighted by Crippen LogP contribution is 2.08. The topological polar surface area (TPSA) is 118 Å². The normalized spacial score (nSPS) is 9.36. The number of nitrogens with two attached hydrogens (primary N) is 1. The van der Waals surface area contributed by atoms with E-state index in [1.807, 2.05) is 0 Å². The molecule has 1 aromatic heterocycles. The van der Waals surface area contributed by atoms with E-state index in [9.17, 15) is 4.79 Å². The number of aromatic nitrogens is 3. The van der Waals surface area contributed by atoms with Crippen molar-refractivity contribution >= 4 is 17.7 Å². The molecule has 0 aliphatic rings. The van der Waals surface area contributed by atoms with Gasteiger partial charge in [0.1, 0.15) is 0 Å². The molecule has 0 saturated carbocycles. The van der Waals surface area contributed by atoms with E-state index in [1.165, 1.54) is 7.05 Å². The number of hydrazine groups is 1. The van der Waals surface area contributed by atoms with Gasteiger partial charge < -0.3 is 10.6 Å². The number of hydrogen-bond donors (Lipinski definition) is 4. The Labute approximate surface area is 80.3 Å². The van der Waals surface area contributed by atoms with Crippen molar-refractivity contribution in [1.82, 2.24) is 20.5 Å². The van der Waals surface area contributed by atoms with Crippen LogP contribution in [0, 0.1) is 0 Å². The second kappa shape index (κ2) is 4.33. The first-order valence-corrected chi connectivity index (χ1v) is 3.84. The lowest BCUT2D eigenvalue weighted by molar-refractivity contribution is 0.0957. The summed E-state index contributed by atoms with van der Waals surface area (Å²) >= 11 is 0. The molecular formula is C6H11N7O. The summed E-state index contributed by atoms with van der Waals surface area (Å²) in [4.78, 5) is 15.1. The Morgan fingerprint density at radius 2 is 2.07 bits per heavy atom. The molecule has 76 valence electrons. The fourth-order valence-corrected chi connectivity index (χ4v) is 0.833. The summed E-state index contributed by atoms with van der Waals surface area (Å²) in [5.41, 5.74) is 2.35. The molecule has 1 aromatic rings. The molecule has 1 rings (SSSR count). The molecule has 0 fully saturated rings. The molecule has 0 aromatic carbocycles. The van der Waals surface area contributed by atoms with Gasteiger partial charge in [0, 0.05) is 14.1 Å². The Morgan fingerprint density at radius 1 is 1.36 bits per heavy atom. The smallest absolute Gasteiger partial charge is 0.275 e. The van der Waals surface area contributed by atoms with Crippen LogP contribution in [0.5, 0.6) is 0 Å².